The molecule has 0 aliphatic carbocycles. The summed E-state index contributed by atoms with van der Waals surface area (Å²) in [7, 11) is 0. The molecule has 6 heteroatoms. The Morgan fingerprint density at radius 2 is 1.88 bits per heavy atom. The first-order valence-electron chi connectivity index (χ1n) is 11.3. The number of aromatic nitrogens is 1. The van der Waals surface area contributed by atoms with Crippen molar-refractivity contribution in [2.45, 2.75) is 31.5 Å². The minimum absolute atomic E-state index is 0.284. The summed E-state index contributed by atoms with van der Waals surface area (Å²) in [6.45, 7) is 2.85. The molecular formula is C27H26ClFN2O2. The van der Waals surface area contributed by atoms with Gasteiger partial charge in [-0.05, 0) is 66.8 Å². The summed E-state index contributed by atoms with van der Waals surface area (Å²) in [5, 5.41) is 11.8. The summed E-state index contributed by atoms with van der Waals surface area (Å²) in [6, 6.07) is 16.1. The molecule has 33 heavy (non-hydrogen) atoms. The highest BCUT2D eigenvalue weighted by Gasteiger charge is 2.33. The molecule has 2 aliphatic heterocycles. The SMILES string of the molecule is OC1(c2ccc(Cl)cc2)CCN(CCC=C2c3cc(F)ccc3OCc3ncccc32)CC1. The average Bonchev–Trinajstić information content (AvgIpc) is 2.98. The summed E-state index contributed by atoms with van der Waals surface area (Å²) in [4.78, 5) is 6.84. The highest BCUT2D eigenvalue weighted by atomic mass is 35.5. The van der Waals surface area contributed by atoms with Crippen molar-refractivity contribution >= 4 is 17.2 Å². The highest BCUT2D eigenvalue weighted by Crippen LogP contribution is 2.37. The van der Waals surface area contributed by atoms with E-state index in [9.17, 15) is 9.50 Å². The molecule has 1 N–H and O–H groups in total. The van der Waals surface area contributed by atoms with Crippen molar-refractivity contribution in [2.24, 2.45) is 0 Å². The molecule has 0 radical (unpaired) electrons. The van der Waals surface area contributed by atoms with Gasteiger partial charge in [-0.3, -0.25) is 4.98 Å². The lowest BCUT2D eigenvalue weighted by Crippen LogP contribution is -2.42. The van der Waals surface area contributed by atoms with Gasteiger partial charge in [0.05, 0.1) is 11.3 Å². The van der Waals surface area contributed by atoms with Crippen molar-refractivity contribution < 1.29 is 14.2 Å². The van der Waals surface area contributed by atoms with Gasteiger partial charge >= 0.3 is 0 Å². The standard InChI is InChI=1S/C27H26ClFN2O2/c28-20-7-5-19(6-8-20)27(32)11-15-31(16-12-27)14-2-4-22-23-3-1-13-30-25(23)18-33-26-10-9-21(29)17-24(22)26/h1,3-10,13,17,32H,2,11-12,14-16,18H2. The Morgan fingerprint density at radius 1 is 1.09 bits per heavy atom. The lowest BCUT2D eigenvalue weighted by Gasteiger charge is -2.38. The van der Waals surface area contributed by atoms with E-state index in [0.29, 0.717) is 30.2 Å². The first-order chi connectivity index (χ1) is 16.0. The van der Waals surface area contributed by atoms with Gasteiger partial charge in [-0.25, -0.2) is 4.39 Å². The number of rotatable bonds is 4. The van der Waals surface area contributed by atoms with Gasteiger partial charge in [-0.15, -0.1) is 0 Å². The molecule has 5 rings (SSSR count). The molecule has 170 valence electrons. The molecule has 2 aromatic carbocycles. The molecule has 3 heterocycles. The summed E-state index contributed by atoms with van der Waals surface area (Å²) < 4.78 is 20.0. The molecule has 0 unspecified atom stereocenters. The second-order valence-electron chi connectivity index (χ2n) is 8.71. The van der Waals surface area contributed by atoms with Crippen LogP contribution in [0.25, 0.3) is 5.57 Å². The zero-order valence-electron chi connectivity index (χ0n) is 18.3. The Hall–Kier alpha value is -2.73. The largest absolute Gasteiger partial charge is 0.487 e. The molecule has 1 aromatic heterocycles. The van der Waals surface area contributed by atoms with Crippen molar-refractivity contribution in [1.82, 2.24) is 9.88 Å². The maximum Gasteiger partial charge on any atom is 0.131 e. The number of hydrogen-bond acceptors (Lipinski definition) is 4. The minimum Gasteiger partial charge on any atom is -0.487 e. The summed E-state index contributed by atoms with van der Waals surface area (Å²) in [5.41, 5.74) is 3.68. The van der Waals surface area contributed by atoms with Crippen molar-refractivity contribution in [3.8, 4) is 5.75 Å². The van der Waals surface area contributed by atoms with Crippen LogP contribution < -0.4 is 4.74 Å². The van der Waals surface area contributed by atoms with E-state index in [4.69, 9.17) is 16.3 Å². The molecule has 3 aromatic rings. The second kappa shape index (κ2) is 9.26. The number of hydrogen-bond donors (Lipinski definition) is 1. The van der Waals surface area contributed by atoms with Crippen LogP contribution in [0, 0.1) is 5.82 Å². The van der Waals surface area contributed by atoms with Gasteiger partial charge in [0.2, 0.25) is 0 Å². The normalized spacial score (nSPS) is 18.8. The van der Waals surface area contributed by atoms with Crippen LogP contribution in [-0.4, -0.2) is 34.6 Å². The first-order valence-corrected chi connectivity index (χ1v) is 11.7. The predicted octanol–water partition coefficient (Wildman–Crippen LogP) is 5.57. The van der Waals surface area contributed by atoms with Crippen LogP contribution in [0.1, 0.15) is 41.6 Å². The van der Waals surface area contributed by atoms with Crippen molar-refractivity contribution in [1.29, 1.82) is 0 Å². The number of halogens is 2. The lowest BCUT2D eigenvalue weighted by atomic mass is 9.84. The number of likely N-dealkylation sites (tertiary alicyclic amines) is 1. The quantitative estimate of drug-likeness (QED) is 0.548. The van der Waals surface area contributed by atoms with Gasteiger partial charge in [0, 0.05) is 42.0 Å². The van der Waals surface area contributed by atoms with Crippen molar-refractivity contribution in [3.05, 3.63) is 100 Å². The van der Waals surface area contributed by atoms with Crippen LogP contribution in [0.3, 0.4) is 0 Å². The summed E-state index contributed by atoms with van der Waals surface area (Å²) in [6.07, 6.45) is 6.08. The van der Waals surface area contributed by atoms with Gasteiger partial charge in [-0.2, -0.15) is 0 Å². The molecule has 1 saturated heterocycles. The number of ether oxygens (including phenoxy) is 1. The third-order valence-corrected chi connectivity index (χ3v) is 6.89. The van der Waals surface area contributed by atoms with Gasteiger partial charge < -0.3 is 14.7 Å². The first kappa shape index (κ1) is 22.1. The van der Waals surface area contributed by atoms with Crippen LogP contribution in [0.4, 0.5) is 4.39 Å². The van der Waals surface area contributed by atoms with Crippen LogP contribution >= 0.6 is 11.6 Å². The van der Waals surface area contributed by atoms with Crippen LogP contribution in [0.15, 0.2) is 66.9 Å². The van der Waals surface area contributed by atoms with E-state index in [1.54, 1.807) is 12.3 Å². The van der Waals surface area contributed by atoms with Gasteiger partial charge in [-0.1, -0.05) is 35.9 Å². The summed E-state index contributed by atoms with van der Waals surface area (Å²) in [5.74, 6) is 0.389. The fraction of sp³-hybridized carbons (Fsp3) is 0.296. The number of nitrogens with zero attached hydrogens (tertiary/aromatic N) is 2. The molecule has 0 spiro atoms. The van der Waals surface area contributed by atoms with E-state index < -0.39 is 5.60 Å². The number of pyridine rings is 1. The Bertz CT molecular complexity index is 1170. The fourth-order valence-corrected chi connectivity index (χ4v) is 4.86. The predicted molar refractivity (Wildman–Crippen MR) is 128 cm³/mol. The maximum absolute atomic E-state index is 14.1. The van der Waals surface area contributed by atoms with E-state index in [0.717, 1.165) is 54.0 Å². The molecular weight excluding hydrogens is 439 g/mol. The molecule has 1 fully saturated rings. The number of piperidine rings is 1. The highest BCUT2D eigenvalue weighted by molar-refractivity contribution is 6.30. The molecule has 0 amide bonds. The topological polar surface area (TPSA) is 45.6 Å². The van der Waals surface area contributed by atoms with Crippen molar-refractivity contribution in [2.75, 3.05) is 19.6 Å². The molecule has 0 bridgehead atoms. The monoisotopic (exact) mass is 464 g/mol. The van der Waals surface area contributed by atoms with Crippen LogP contribution in [0.5, 0.6) is 5.75 Å². The number of fused-ring (bicyclic) bond motifs is 2. The minimum atomic E-state index is -0.806. The van der Waals surface area contributed by atoms with Gasteiger partial charge in [0.15, 0.2) is 0 Å². The third-order valence-electron chi connectivity index (χ3n) is 6.64. The van der Waals surface area contributed by atoms with E-state index in [2.05, 4.69) is 16.0 Å². The van der Waals surface area contributed by atoms with Crippen LogP contribution in [0.2, 0.25) is 5.02 Å². The molecule has 0 atom stereocenters. The molecule has 4 nitrogen and oxygen atoms in total. The zero-order valence-corrected chi connectivity index (χ0v) is 19.1. The smallest absolute Gasteiger partial charge is 0.131 e. The number of aliphatic hydroxyl groups is 1. The average molecular weight is 465 g/mol. The Labute approximate surface area is 198 Å². The lowest BCUT2D eigenvalue weighted by molar-refractivity contribution is -0.0254. The van der Waals surface area contributed by atoms with E-state index in [1.165, 1.54) is 12.1 Å². The molecule has 0 saturated carbocycles. The van der Waals surface area contributed by atoms with Crippen molar-refractivity contribution in [3.63, 3.8) is 0 Å². The van der Waals surface area contributed by atoms with Gasteiger partial charge in [0.1, 0.15) is 18.2 Å². The van der Waals surface area contributed by atoms with E-state index >= 15 is 0 Å². The Balaban J connectivity index is 1.30. The second-order valence-corrected chi connectivity index (χ2v) is 9.15. The number of benzene rings is 2. The maximum atomic E-state index is 14.1. The van der Waals surface area contributed by atoms with E-state index in [-0.39, 0.29) is 5.82 Å². The third kappa shape index (κ3) is 4.67. The zero-order chi connectivity index (χ0) is 22.8. The fourth-order valence-electron chi connectivity index (χ4n) is 4.73. The Morgan fingerprint density at radius 3 is 2.67 bits per heavy atom. The summed E-state index contributed by atoms with van der Waals surface area (Å²) >= 11 is 5.99. The van der Waals surface area contributed by atoms with E-state index in [1.807, 2.05) is 36.4 Å². The Kier molecular flexibility index (Phi) is 6.19. The molecule has 2 aliphatic rings. The van der Waals surface area contributed by atoms with Gasteiger partial charge in [0.25, 0.3) is 0 Å². The van der Waals surface area contributed by atoms with Crippen LogP contribution in [-0.2, 0) is 12.2 Å².